The molecule has 0 aliphatic heterocycles. The molecule has 0 aliphatic rings. The van der Waals surface area contributed by atoms with Gasteiger partial charge in [0, 0.05) is 11.6 Å². The average molecular weight is 223 g/mol. The summed E-state index contributed by atoms with van der Waals surface area (Å²) in [4.78, 5) is 14.8. The highest BCUT2D eigenvalue weighted by Gasteiger charge is 2.07. The Balaban J connectivity index is 2.46. The van der Waals surface area contributed by atoms with Crippen molar-refractivity contribution in [2.45, 2.75) is 0 Å². The van der Waals surface area contributed by atoms with Crippen LogP contribution in [-0.4, -0.2) is 16.1 Å². The second-order valence-corrected chi connectivity index (χ2v) is 3.88. The highest BCUT2D eigenvalue weighted by molar-refractivity contribution is 6.08. The Morgan fingerprint density at radius 1 is 1.00 bits per heavy atom. The van der Waals surface area contributed by atoms with E-state index in [4.69, 9.17) is 5.11 Å². The number of carboxylic acid groups (broad SMARTS) is 1. The predicted octanol–water partition coefficient (Wildman–Crippen LogP) is 3.09. The molecular weight excluding hydrogens is 214 g/mol. The van der Waals surface area contributed by atoms with Crippen molar-refractivity contribution in [1.29, 1.82) is 0 Å². The first-order valence-corrected chi connectivity index (χ1v) is 5.26. The SMILES string of the molecule is O=C(O)c1cc2c(ccc3ccccc32)cn1. The van der Waals surface area contributed by atoms with Gasteiger partial charge in [-0.15, -0.1) is 0 Å². The van der Waals surface area contributed by atoms with Crippen LogP contribution in [0.2, 0.25) is 0 Å². The van der Waals surface area contributed by atoms with Gasteiger partial charge in [0.2, 0.25) is 0 Å². The molecule has 0 radical (unpaired) electrons. The summed E-state index contributed by atoms with van der Waals surface area (Å²) in [6, 6.07) is 13.5. The van der Waals surface area contributed by atoms with E-state index in [0.717, 1.165) is 21.5 Å². The number of carboxylic acids is 1. The number of rotatable bonds is 1. The maximum absolute atomic E-state index is 10.9. The number of hydrogen-bond donors (Lipinski definition) is 1. The molecule has 0 unspecified atom stereocenters. The molecule has 0 fully saturated rings. The third kappa shape index (κ3) is 1.52. The standard InChI is InChI=1S/C14H9NO2/c16-14(17)13-7-12-10(8-15-13)6-5-9-3-1-2-4-11(9)12/h1-8H,(H,16,17). The van der Waals surface area contributed by atoms with Crippen LogP contribution in [0.25, 0.3) is 21.5 Å². The van der Waals surface area contributed by atoms with Crippen molar-refractivity contribution >= 4 is 27.5 Å². The summed E-state index contributed by atoms with van der Waals surface area (Å²) >= 11 is 0. The lowest BCUT2D eigenvalue weighted by atomic mass is 10.0. The van der Waals surface area contributed by atoms with E-state index in [1.165, 1.54) is 0 Å². The van der Waals surface area contributed by atoms with E-state index in [2.05, 4.69) is 4.98 Å². The second-order valence-electron chi connectivity index (χ2n) is 3.88. The van der Waals surface area contributed by atoms with Gasteiger partial charge in [0.05, 0.1) is 0 Å². The Kier molecular flexibility index (Phi) is 2.05. The molecule has 3 rings (SSSR count). The van der Waals surface area contributed by atoms with Crippen molar-refractivity contribution in [1.82, 2.24) is 4.98 Å². The second kappa shape index (κ2) is 3.56. The maximum atomic E-state index is 10.9. The van der Waals surface area contributed by atoms with Crippen LogP contribution in [0.1, 0.15) is 10.5 Å². The molecule has 0 aliphatic carbocycles. The van der Waals surface area contributed by atoms with Crippen LogP contribution in [0.4, 0.5) is 0 Å². The molecule has 82 valence electrons. The van der Waals surface area contributed by atoms with Crippen molar-refractivity contribution in [2.75, 3.05) is 0 Å². The largest absolute Gasteiger partial charge is 0.477 e. The highest BCUT2D eigenvalue weighted by Crippen LogP contribution is 2.25. The molecule has 0 spiro atoms. The number of pyridine rings is 1. The molecule has 0 saturated heterocycles. The van der Waals surface area contributed by atoms with Crippen LogP contribution in [0.15, 0.2) is 48.7 Å². The van der Waals surface area contributed by atoms with Gasteiger partial charge in [0.25, 0.3) is 0 Å². The van der Waals surface area contributed by atoms with Gasteiger partial charge in [0.15, 0.2) is 0 Å². The number of nitrogens with zero attached hydrogens (tertiary/aromatic N) is 1. The van der Waals surface area contributed by atoms with Crippen molar-refractivity contribution in [3.8, 4) is 0 Å². The van der Waals surface area contributed by atoms with E-state index in [9.17, 15) is 4.79 Å². The number of fused-ring (bicyclic) bond motifs is 3. The number of carbonyl (C=O) groups is 1. The van der Waals surface area contributed by atoms with Gasteiger partial charge >= 0.3 is 5.97 Å². The predicted molar refractivity (Wildman–Crippen MR) is 66.2 cm³/mol. The Hall–Kier alpha value is -2.42. The first-order chi connectivity index (χ1) is 8.25. The number of hydrogen-bond acceptors (Lipinski definition) is 2. The molecule has 0 bridgehead atoms. The van der Waals surface area contributed by atoms with Crippen molar-refractivity contribution in [2.24, 2.45) is 0 Å². The third-order valence-electron chi connectivity index (χ3n) is 2.85. The Morgan fingerprint density at radius 2 is 1.76 bits per heavy atom. The van der Waals surface area contributed by atoms with E-state index >= 15 is 0 Å². The van der Waals surface area contributed by atoms with E-state index in [0.29, 0.717) is 0 Å². The first-order valence-electron chi connectivity index (χ1n) is 5.26. The summed E-state index contributed by atoms with van der Waals surface area (Å²) in [6.45, 7) is 0. The zero-order valence-electron chi connectivity index (χ0n) is 8.92. The summed E-state index contributed by atoms with van der Waals surface area (Å²) in [5, 5.41) is 13.0. The lowest BCUT2D eigenvalue weighted by molar-refractivity contribution is 0.0691. The molecule has 1 heterocycles. The smallest absolute Gasteiger partial charge is 0.354 e. The minimum Gasteiger partial charge on any atom is -0.477 e. The van der Waals surface area contributed by atoms with Gasteiger partial charge in [-0.2, -0.15) is 0 Å². The Morgan fingerprint density at radius 3 is 2.59 bits per heavy atom. The summed E-state index contributed by atoms with van der Waals surface area (Å²) < 4.78 is 0. The van der Waals surface area contributed by atoms with Gasteiger partial charge < -0.3 is 5.11 Å². The molecule has 3 nitrogen and oxygen atoms in total. The quantitative estimate of drug-likeness (QED) is 0.645. The van der Waals surface area contributed by atoms with Gasteiger partial charge in [0.1, 0.15) is 5.69 Å². The van der Waals surface area contributed by atoms with Crippen LogP contribution in [-0.2, 0) is 0 Å². The fourth-order valence-electron chi connectivity index (χ4n) is 2.02. The average Bonchev–Trinajstić information content (AvgIpc) is 2.38. The van der Waals surface area contributed by atoms with Gasteiger partial charge in [-0.05, 0) is 22.2 Å². The minimum absolute atomic E-state index is 0.0776. The van der Waals surface area contributed by atoms with Crippen LogP contribution in [0.3, 0.4) is 0 Å². The van der Waals surface area contributed by atoms with E-state index in [1.807, 2.05) is 36.4 Å². The van der Waals surface area contributed by atoms with E-state index in [-0.39, 0.29) is 5.69 Å². The molecule has 2 aromatic carbocycles. The Bertz CT molecular complexity index is 734. The minimum atomic E-state index is -1.00. The molecular formula is C14H9NO2. The highest BCUT2D eigenvalue weighted by atomic mass is 16.4. The van der Waals surface area contributed by atoms with Crippen LogP contribution >= 0.6 is 0 Å². The monoisotopic (exact) mass is 223 g/mol. The molecule has 1 aromatic heterocycles. The zero-order valence-corrected chi connectivity index (χ0v) is 8.92. The van der Waals surface area contributed by atoms with Gasteiger partial charge in [-0.25, -0.2) is 9.78 Å². The van der Waals surface area contributed by atoms with Crippen molar-refractivity contribution < 1.29 is 9.90 Å². The van der Waals surface area contributed by atoms with E-state index in [1.54, 1.807) is 12.3 Å². The van der Waals surface area contributed by atoms with Crippen molar-refractivity contribution in [3.05, 3.63) is 54.4 Å². The van der Waals surface area contributed by atoms with Gasteiger partial charge in [-0.3, -0.25) is 0 Å². The number of benzene rings is 2. The molecule has 0 amide bonds. The number of aromatic carboxylic acids is 1. The van der Waals surface area contributed by atoms with Crippen LogP contribution in [0.5, 0.6) is 0 Å². The summed E-state index contributed by atoms with van der Waals surface area (Å²) in [5.74, 6) is -1.00. The fraction of sp³-hybridized carbons (Fsp3) is 0. The number of aromatic nitrogens is 1. The topological polar surface area (TPSA) is 50.2 Å². The van der Waals surface area contributed by atoms with Crippen LogP contribution < -0.4 is 0 Å². The van der Waals surface area contributed by atoms with Crippen molar-refractivity contribution in [3.63, 3.8) is 0 Å². The molecule has 1 N–H and O–H groups in total. The van der Waals surface area contributed by atoms with Crippen LogP contribution in [0, 0.1) is 0 Å². The maximum Gasteiger partial charge on any atom is 0.354 e. The molecule has 3 heteroatoms. The molecule has 0 saturated carbocycles. The Labute approximate surface area is 97.3 Å². The summed E-state index contributed by atoms with van der Waals surface area (Å²) in [5.41, 5.74) is 0.0776. The lowest BCUT2D eigenvalue weighted by Gasteiger charge is -2.04. The summed E-state index contributed by atoms with van der Waals surface area (Å²) in [6.07, 6.45) is 1.60. The third-order valence-corrected chi connectivity index (χ3v) is 2.85. The van der Waals surface area contributed by atoms with E-state index < -0.39 is 5.97 Å². The van der Waals surface area contributed by atoms with Gasteiger partial charge in [-0.1, -0.05) is 36.4 Å². The normalized spacial score (nSPS) is 10.8. The zero-order chi connectivity index (χ0) is 11.8. The molecule has 3 aromatic rings. The molecule has 0 atom stereocenters. The molecule has 17 heavy (non-hydrogen) atoms. The first kappa shape index (κ1) is 9.78. The fourth-order valence-corrected chi connectivity index (χ4v) is 2.02. The summed E-state index contributed by atoms with van der Waals surface area (Å²) in [7, 11) is 0. The lowest BCUT2D eigenvalue weighted by Crippen LogP contribution is -1.99.